The molecule has 3 aromatic rings. The van der Waals surface area contributed by atoms with Crippen molar-refractivity contribution in [1.29, 1.82) is 0 Å². The summed E-state index contributed by atoms with van der Waals surface area (Å²) in [5.74, 6) is 0.247. The third-order valence-electron chi connectivity index (χ3n) is 7.61. The number of methoxy groups -OCH3 is 1. The molecule has 0 unspecified atom stereocenters. The Morgan fingerprint density at radius 1 is 1.00 bits per heavy atom. The number of phenols is 1. The molecule has 218 valence electrons. The Hall–Kier alpha value is -4.99. The molecule has 3 aromatic carbocycles. The number of para-hydroxylation sites is 1. The molecule has 2 saturated heterocycles. The van der Waals surface area contributed by atoms with Gasteiger partial charge >= 0.3 is 6.03 Å². The van der Waals surface area contributed by atoms with Gasteiger partial charge in [-0.2, -0.15) is 0 Å². The SMILES string of the molecule is C=C(C)N1CC(=O)N2[C@@H](Cc3ccc(O)cc3)C(=O)N(Cc3ccccc3OC)C[C@@H]2N1C(=O)NCc1ccccc1. The molecule has 0 aromatic heterocycles. The van der Waals surface area contributed by atoms with Crippen molar-refractivity contribution in [2.75, 3.05) is 20.2 Å². The molecule has 2 aliphatic rings. The lowest BCUT2D eigenvalue weighted by atomic mass is 9.98. The van der Waals surface area contributed by atoms with E-state index in [2.05, 4.69) is 11.9 Å². The van der Waals surface area contributed by atoms with E-state index in [9.17, 15) is 19.5 Å². The Balaban J connectivity index is 1.52. The number of carbonyl (C=O) groups is 3. The molecule has 5 rings (SSSR count). The molecular formula is C32H35N5O5. The van der Waals surface area contributed by atoms with Crippen molar-refractivity contribution < 1.29 is 24.2 Å². The number of fused-ring (bicyclic) bond motifs is 1. The van der Waals surface area contributed by atoms with Crippen LogP contribution in [0.15, 0.2) is 91.1 Å². The molecule has 0 aliphatic carbocycles. The zero-order valence-corrected chi connectivity index (χ0v) is 23.8. The van der Waals surface area contributed by atoms with Crippen LogP contribution in [0.5, 0.6) is 11.5 Å². The van der Waals surface area contributed by atoms with Crippen LogP contribution in [0.1, 0.15) is 23.6 Å². The lowest BCUT2D eigenvalue weighted by Gasteiger charge is -2.55. The van der Waals surface area contributed by atoms with Crippen molar-refractivity contribution in [2.45, 2.75) is 38.6 Å². The minimum atomic E-state index is -0.868. The van der Waals surface area contributed by atoms with Gasteiger partial charge < -0.3 is 25.0 Å². The van der Waals surface area contributed by atoms with Gasteiger partial charge in [0.25, 0.3) is 0 Å². The van der Waals surface area contributed by atoms with Gasteiger partial charge in [-0.25, -0.2) is 9.80 Å². The lowest BCUT2D eigenvalue weighted by molar-refractivity contribution is -0.186. The third kappa shape index (κ3) is 5.88. The summed E-state index contributed by atoms with van der Waals surface area (Å²) in [4.78, 5) is 44.9. The summed E-state index contributed by atoms with van der Waals surface area (Å²) >= 11 is 0. The number of amides is 4. The van der Waals surface area contributed by atoms with Gasteiger partial charge in [-0.15, -0.1) is 0 Å². The van der Waals surface area contributed by atoms with E-state index in [1.165, 1.54) is 9.91 Å². The maximum Gasteiger partial charge on any atom is 0.338 e. The molecule has 42 heavy (non-hydrogen) atoms. The molecule has 2 atom stereocenters. The van der Waals surface area contributed by atoms with Crippen molar-refractivity contribution in [3.8, 4) is 11.5 Å². The second kappa shape index (κ2) is 12.3. The molecule has 2 fully saturated rings. The fourth-order valence-electron chi connectivity index (χ4n) is 5.54. The van der Waals surface area contributed by atoms with Crippen molar-refractivity contribution in [1.82, 2.24) is 25.1 Å². The number of aromatic hydroxyl groups is 1. The van der Waals surface area contributed by atoms with Gasteiger partial charge in [-0.3, -0.25) is 14.6 Å². The number of piperazine rings is 1. The number of hydrogen-bond donors (Lipinski definition) is 2. The van der Waals surface area contributed by atoms with Gasteiger partial charge in [0, 0.05) is 30.8 Å². The smallest absolute Gasteiger partial charge is 0.338 e. The lowest BCUT2D eigenvalue weighted by Crippen LogP contribution is -2.76. The molecule has 4 amide bonds. The van der Waals surface area contributed by atoms with Crippen LogP contribution in [0.3, 0.4) is 0 Å². The Kier molecular flexibility index (Phi) is 8.33. The normalized spacial score (nSPS) is 18.5. The number of rotatable bonds is 8. The number of hydrogen-bond acceptors (Lipinski definition) is 6. The van der Waals surface area contributed by atoms with E-state index in [1.54, 1.807) is 48.2 Å². The van der Waals surface area contributed by atoms with E-state index in [1.807, 2.05) is 54.6 Å². The number of nitrogens with zero attached hydrogens (tertiary/aromatic N) is 4. The number of carbonyl (C=O) groups excluding carboxylic acids is 3. The van der Waals surface area contributed by atoms with Crippen molar-refractivity contribution >= 4 is 17.8 Å². The standard InChI is InChI=1S/C32H35N5O5/c1-22(2)35-21-30(39)36-27(17-23-13-15-26(38)16-14-23)31(40)34(19-25-11-7-8-12-28(25)42-3)20-29(36)37(35)32(41)33-18-24-9-5-4-6-10-24/h4-16,27,29,38H,1,17-21H2,2-3H3,(H,33,41)/t27-,29-/m0/s1. The second-order valence-electron chi connectivity index (χ2n) is 10.5. The predicted molar refractivity (Wildman–Crippen MR) is 157 cm³/mol. The Morgan fingerprint density at radius 3 is 2.38 bits per heavy atom. The maximum absolute atomic E-state index is 14.1. The van der Waals surface area contributed by atoms with Crippen molar-refractivity contribution in [2.24, 2.45) is 0 Å². The first-order valence-corrected chi connectivity index (χ1v) is 13.8. The summed E-state index contributed by atoms with van der Waals surface area (Å²) in [5, 5.41) is 15.9. The fraction of sp³-hybridized carbons (Fsp3) is 0.281. The van der Waals surface area contributed by atoms with E-state index in [-0.39, 0.29) is 43.6 Å². The van der Waals surface area contributed by atoms with Gasteiger partial charge in [0.15, 0.2) is 0 Å². The molecular weight excluding hydrogens is 534 g/mol. The van der Waals surface area contributed by atoms with Crippen LogP contribution in [-0.2, 0) is 29.1 Å². The minimum Gasteiger partial charge on any atom is -0.508 e. The van der Waals surface area contributed by atoms with Gasteiger partial charge in [-0.05, 0) is 36.2 Å². The topological polar surface area (TPSA) is 106 Å². The number of urea groups is 1. The van der Waals surface area contributed by atoms with Gasteiger partial charge in [0.1, 0.15) is 30.3 Å². The zero-order chi connectivity index (χ0) is 29.8. The van der Waals surface area contributed by atoms with Crippen molar-refractivity contribution in [3.63, 3.8) is 0 Å². The quantitative estimate of drug-likeness (QED) is 0.431. The van der Waals surface area contributed by atoms with E-state index >= 15 is 0 Å². The Bertz CT molecular complexity index is 1460. The molecule has 0 saturated carbocycles. The van der Waals surface area contributed by atoms with E-state index in [0.717, 1.165) is 16.7 Å². The minimum absolute atomic E-state index is 0.0945. The van der Waals surface area contributed by atoms with Crippen LogP contribution in [0, 0.1) is 0 Å². The number of phenolic OH excluding ortho intramolecular Hbond substituents is 1. The number of nitrogens with one attached hydrogen (secondary N) is 1. The number of allylic oxidation sites excluding steroid dienone is 1. The summed E-state index contributed by atoms with van der Waals surface area (Å²) in [6.07, 6.45) is -0.565. The van der Waals surface area contributed by atoms with Gasteiger partial charge in [0.2, 0.25) is 11.8 Å². The second-order valence-corrected chi connectivity index (χ2v) is 10.5. The highest BCUT2D eigenvalue weighted by molar-refractivity contribution is 5.92. The van der Waals surface area contributed by atoms with E-state index < -0.39 is 18.2 Å². The Morgan fingerprint density at radius 2 is 1.69 bits per heavy atom. The van der Waals surface area contributed by atoms with Crippen LogP contribution >= 0.6 is 0 Å². The fourth-order valence-corrected chi connectivity index (χ4v) is 5.54. The third-order valence-corrected chi connectivity index (χ3v) is 7.61. The average molecular weight is 570 g/mol. The summed E-state index contributed by atoms with van der Waals surface area (Å²) in [7, 11) is 1.58. The number of ether oxygens (including phenoxy) is 1. The highest BCUT2D eigenvalue weighted by Crippen LogP contribution is 2.31. The predicted octanol–water partition coefficient (Wildman–Crippen LogP) is 3.49. The molecule has 2 heterocycles. The summed E-state index contributed by atoms with van der Waals surface area (Å²) in [6.45, 7) is 6.27. The Labute approximate surface area is 245 Å². The summed E-state index contributed by atoms with van der Waals surface area (Å²) in [6, 6.07) is 22.3. The maximum atomic E-state index is 14.1. The summed E-state index contributed by atoms with van der Waals surface area (Å²) < 4.78 is 5.54. The first-order chi connectivity index (χ1) is 20.3. The molecule has 2 N–H and O–H groups in total. The average Bonchev–Trinajstić information content (AvgIpc) is 2.99. The van der Waals surface area contributed by atoms with Gasteiger partial charge in [0.05, 0.1) is 13.7 Å². The van der Waals surface area contributed by atoms with Crippen LogP contribution in [0.2, 0.25) is 0 Å². The summed E-state index contributed by atoms with van der Waals surface area (Å²) in [5.41, 5.74) is 3.05. The molecule has 0 spiro atoms. The van der Waals surface area contributed by atoms with Crippen LogP contribution in [0.25, 0.3) is 0 Å². The van der Waals surface area contributed by atoms with Crippen LogP contribution in [-0.4, -0.2) is 75.2 Å². The van der Waals surface area contributed by atoms with E-state index in [4.69, 9.17) is 4.74 Å². The van der Waals surface area contributed by atoms with Gasteiger partial charge in [-0.1, -0.05) is 67.2 Å². The number of hydrazine groups is 1. The molecule has 2 aliphatic heterocycles. The molecule has 0 radical (unpaired) electrons. The van der Waals surface area contributed by atoms with E-state index in [0.29, 0.717) is 18.0 Å². The number of benzene rings is 3. The monoisotopic (exact) mass is 569 g/mol. The molecule has 10 heteroatoms. The first-order valence-electron chi connectivity index (χ1n) is 13.8. The van der Waals surface area contributed by atoms with Crippen LogP contribution < -0.4 is 10.1 Å². The zero-order valence-electron chi connectivity index (χ0n) is 23.8. The highest BCUT2D eigenvalue weighted by Gasteiger charge is 2.51. The highest BCUT2D eigenvalue weighted by atomic mass is 16.5. The largest absolute Gasteiger partial charge is 0.508 e. The molecule has 0 bridgehead atoms. The van der Waals surface area contributed by atoms with Crippen LogP contribution in [0.4, 0.5) is 4.79 Å². The molecule has 10 nitrogen and oxygen atoms in total. The van der Waals surface area contributed by atoms with Crippen molar-refractivity contribution in [3.05, 3.63) is 108 Å². The first kappa shape index (κ1) is 28.5.